The lowest BCUT2D eigenvalue weighted by molar-refractivity contribution is -0.272. The summed E-state index contributed by atoms with van der Waals surface area (Å²) >= 11 is 0. The fraction of sp³-hybridized carbons (Fsp3) is 0.519. The Morgan fingerprint density at radius 1 is 1.27 bits per heavy atom. The first-order valence-electron chi connectivity index (χ1n) is 13.1. The molecule has 3 N–H and O–H groups in total. The number of halogens is 5. The lowest BCUT2D eigenvalue weighted by Gasteiger charge is -2.32. The van der Waals surface area contributed by atoms with Gasteiger partial charge in [0.25, 0.3) is 11.8 Å². The molecule has 1 saturated carbocycles. The number of carbonyl (C=O) groups is 2. The van der Waals surface area contributed by atoms with Crippen molar-refractivity contribution in [3.63, 3.8) is 0 Å². The molecule has 0 bridgehead atoms. The molecule has 3 aliphatic rings. The second-order valence-corrected chi connectivity index (χ2v) is 10.6. The number of hydrogen-bond acceptors (Lipinski definition) is 7. The molecule has 1 aromatic carbocycles. The molecule has 2 aromatic rings. The van der Waals surface area contributed by atoms with Crippen LogP contribution in [0.1, 0.15) is 42.2 Å². The zero-order chi connectivity index (χ0) is 29.7. The molecule has 2 aliphatic heterocycles. The number of hydrogen-bond donors (Lipinski definition) is 2. The van der Waals surface area contributed by atoms with Gasteiger partial charge in [0.1, 0.15) is 18.4 Å². The molecule has 3 heterocycles. The molecule has 0 radical (unpaired) electrons. The summed E-state index contributed by atoms with van der Waals surface area (Å²) < 4.78 is 89.1. The van der Waals surface area contributed by atoms with E-state index in [0.29, 0.717) is 19.7 Å². The van der Waals surface area contributed by atoms with Crippen molar-refractivity contribution < 1.29 is 45.8 Å². The molecule has 2 saturated heterocycles. The van der Waals surface area contributed by atoms with E-state index in [9.17, 15) is 27.2 Å². The molecule has 2 amide bonds. The summed E-state index contributed by atoms with van der Waals surface area (Å²) in [6.07, 6.45) is -4.51. The van der Waals surface area contributed by atoms with Gasteiger partial charge in [-0.15, -0.1) is 0 Å². The average molecular weight is 585 g/mol. The van der Waals surface area contributed by atoms with Crippen LogP contribution in [0.3, 0.4) is 0 Å². The SMILES string of the molecule is C[C@H]1[C@@H](c2ccc(F)c(F)c2OCCN2CCO[C@@H]3C[C@@H]32)[C@H](C(=O)Nc2ccnc(C(N)=O)c2)O[C@@]1(C)C(F)(F)F. The van der Waals surface area contributed by atoms with Crippen LogP contribution < -0.4 is 15.8 Å². The molecule has 6 atom stereocenters. The Hall–Kier alpha value is -3.36. The number of fused-ring (bicyclic) bond motifs is 1. The average Bonchev–Trinajstić information content (AvgIpc) is 3.66. The monoisotopic (exact) mass is 584 g/mol. The molecular weight excluding hydrogens is 555 g/mol. The van der Waals surface area contributed by atoms with Crippen LogP contribution in [-0.4, -0.2) is 78.0 Å². The number of anilines is 1. The maximum atomic E-state index is 15.2. The number of primary amides is 1. The van der Waals surface area contributed by atoms with Crippen molar-refractivity contribution in [1.82, 2.24) is 9.88 Å². The van der Waals surface area contributed by atoms with Crippen LogP contribution in [0.2, 0.25) is 0 Å². The normalized spacial score (nSPS) is 29.6. The highest BCUT2D eigenvalue weighted by atomic mass is 19.4. The zero-order valence-electron chi connectivity index (χ0n) is 22.2. The summed E-state index contributed by atoms with van der Waals surface area (Å²) in [6, 6.07) is 4.57. The number of nitrogens with one attached hydrogen (secondary N) is 1. The van der Waals surface area contributed by atoms with Crippen molar-refractivity contribution >= 4 is 17.5 Å². The van der Waals surface area contributed by atoms with Crippen molar-refractivity contribution in [2.24, 2.45) is 11.7 Å². The summed E-state index contributed by atoms with van der Waals surface area (Å²) in [6.45, 7) is 3.50. The molecular formula is C27H29F5N4O5. The molecule has 3 fully saturated rings. The van der Waals surface area contributed by atoms with E-state index in [4.69, 9.17) is 19.9 Å². The van der Waals surface area contributed by atoms with E-state index in [1.165, 1.54) is 19.2 Å². The number of nitrogens with two attached hydrogens (primary N) is 1. The number of ether oxygens (including phenoxy) is 3. The topological polar surface area (TPSA) is 116 Å². The number of morpholine rings is 1. The van der Waals surface area contributed by atoms with E-state index >= 15 is 4.39 Å². The van der Waals surface area contributed by atoms with Gasteiger partial charge in [0.2, 0.25) is 5.82 Å². The summed E-state index contributed by atoms with van der Waals surface area (Å²) in [5.41, 5.74) is 2.12. The Kier molecular flexibility index (Phi) is 7.68. The minimum absolute atomic E-state index is 0.0278. The summed E-state index contributed by atoms with van der Waals surface area (Å²) in [5, 5.41) is 2.42. The van der Waals surface area contributed by atoms with Gasteiger partial charge in [-0.05, 0) is 31.5 Å². The minimum atomic E-state index is -4.91. The van der Waals surface area contributed by atoms with Crippen LogP contribution in [0.5, 0.6) is 5.75 Å². The number of nitrogens with zero attached hydrogens (tertiary/aromatic N) is 2. The second kappa shape index (κ2) is 10.8. The molecule has 5 rings (SSSR count). The Morgan fingerprint density at radius 2 is 2.02 bits per heavy atom. The lowest BCUT2D eigenvalue weighted by Crippen LogP contribution is -2.47. The number of benzene rings is 1. The van der Waals surface area contributed by atoms with Crippen molar-refractivity contribution in [2.45, 2.75) is 56.2 Å². The van der Waals surface area contributed by atoms with Gasteiger partial charge in [-0.1, -0.05) is 13.0 Å². The van der Waals surface area contributed by atoms with E-state index in [1.807, 2.05) is 0 Å². The van der Waals surface area contributed by atoms with E-state index in [0.717, 1.165) is 31.5 Å². The van der Waals surface area contributed by atoms with Crippen molar-refractivity contribution in [3.05, 3.63) is 53.4 Å². The van der Waals surface area contributed by atoms with Crippen LogP contribution >= 0.6 is 0 Å². The largest absolute Gasteiger partial charge is 0.489 e. The zero-order valence-corrected chi connectivity index (χ0v) is 22.2. The van der Waals surface area contributed by atoms with Gasteiger partial charge in [-0.3, -0.25) is 19.5 Å². The predicted octanol–water partition coefficient (Wildman–Crippen LogP) is 3.39. The number of carbonyl (C=O) groups excluding carboxylic acids is 2. The molecule has 1 aromatic heterocycles. The first kappa shape index (κ1) is 29.1. The van der Waals surface area contributed by atoms with Crippen molar-refractivity contribution in [3.8, 4) is 5.75 Å². The van der Waals surface area contributed by atoms with Gasteiger partial charge in [0, 0.05) is 48.4 Å². The number of amides is 2. The van der Waals surface area contributed by atoms with Crippen LogP contribution in [-0.2, 0) is 14.3 Å². The van der Waals surface area contributed by atoms with Crippen LogP contribution in [0.15, 0.2) is 30.5 Å². The Morgan fingerprint density at radius 3 is 2.73 bits per heavy atom. The van der Waals surface area contributed by atoms with Gasteiger partial charge in [0.15, 0.2) is 17.2 Å². The molecule has 0 unspecified atom stereocenters. The molecule has 222 valence electrons. The van der Waals surface area contributed by atoms with Crippen LogP contribution in [0.25, 0.3) is 0 Å². The maximum absolute atomic E-state index is 15.2. The van der Waals surface area contributed by atoms with Crippen LogP contribution in [0, 0.1) is 17.6 Å². The number of alkyl halides is 3. The summed E-state index contributed by atoms with van der Waals surface area (Å²) in [7, 11) is 0. The van der Waals surface area contributed by atoms with Gasteiger partial charge in [-0.25, -0.2) is 4.39 Å². The van der Waals surface area contributed by atoms with E-state index in [-0.39, 0.29) is 35.7 Å². The minimum Gasteiger partial charge on any atom is -0.489 e. The molecule has 41 heavy (non-hydrogen) atoms. The predicted molar refractivity (Wildman–Crippen MR) is 134 cm³/mol. The Balaban J connectivity index is 1.46. The Bertz CT molecular complexity index is 1340. The highest BCUT2D eigenvalue weighted by Gasteiger charge is 2.66. The number of aromatic nitrogens is 1. The fourth-order valence-corrected chi connectivity index (χ4v) is 5.59. The summed E-state index contributed by atoms with van der Waals surface area (Å²) in [4.78, 5) is 30.7. The van der Waals surface area contributed by atoms with Gasteiger partial charge < -0.3 is 25.3 Å². The smallest absolute Gasteiger partial charge is 0.417 e. The van der Waals surface area contributed by atoms with Gasteiger partial charge >= 0.3 is 6.18 Å². The highest BCUT2D eigenvalue weighted by molar-refractivity contribution is 5.97. The number of pyridine rings is 1. The third kappa shape index (κ3) is 5.47. The maximum Gasteiger partial charge on any atom is 0.417 e. The third-order valence-corrected chi connectivity index (χ3v) is 8.15. The van der Waals surface area contributed by atoms with Crippen molar-refractivity contribution in [1.29, 1.82) is 0 Å². The molecule has 9 nitrogen and oxygen atoms in total. The molecule has 1 aliphatic carbocycles. The quantitative estimate of drug-likeness (QED) is 0.457. The third-order valence-electron chi connectivity index (χ3n) is 8.15. The Labute approximate surface area is 232 Å². The first-order valence-corrected chi connectivity index (χ1v) is 13.1. The fourth-order valence-electron chi connectivity index (χ4n) is 5.59. The lowest BCUT2D eigenvalue weighted by atomic mass is 9.77. The number of rotatable bonds is 8. The molecule has 0 spiro atoms. The van der Waals surface area contributed by atoms with Gasteiger partial charge in [0.05, 0.1) is 12.7 Å². The first-order chi connectivity index (χ1) is 19.3. The second-order valence-electron chi connectivity index (χ2n) is 10.6. The van der Waals surface area contributed by atoms with Crippen molar-refractivity contribution in [2.75, 3.05) is 31.6 Å². The van der Waals surface area contributed by atoms with Gasteiger partial charge in [-0.2, -0.15) is 17.6 Å². The standard InChI is InChI=1S/C27H29F5N4O5/c1-13-20(15-3-4-16(28)21(29)22(15)40-10-8-36-7-9-39-19-12-18(19)36)23(41-26(13,2)27(30,31)32)25(38)35-14-5-6-34-17(11-14)24(33)37/h3-6,11,13,18-20,23H,7-10,12H2,1-2H3,(H2,33,37)(H,34,35,38)/t13-,18-,19+,20-,23+,26+/m0/s1. The summed E-state index contributed by atoms with van der Waals surface area (Å²) in [5.74, 6) is -7.89. The highest BCUT2D eigenvalue weighted by Crippen LogP contribution is 2.55. The molecule has 14 heteroatoms. The van der Waals surface area contributed by atoms with E-state index in [2.05, 4.69) is 15.2 Å². The van der Waals surface area contributed by atoms with E-state index in [1.54, 1.807) is 0 Å². The van der Waals surface area contributed by atoms with Crippen LogP contribution in [0.4, 0.5) is 27.6 Å². The van der Waals surface area contributed by atoms with E-state index < -0.39 is 58.9 Å².